The fourth-order valence-corrected chi connectivity index (χ4v) is 3.08. The summed E-state index contributed by atoms with van der Waals surface area (Å²) in [5, 5.41) is 2.66. The van der Waals surface area contributed by atoms with Crippen LogP contribution < -0.4 is 5.32 Å². The minimum Gasteiger partial charge on any atom is -0.359 e. The van der Waals surface area contributed by atoms with E-state index in [2.05, 4.69) is 40.1 Å². The number of carbonyl (C=O) groups is 1. The molecule has 1 atom stereocenters. The summed E-state index contributed by atoms with van der Waals surface area (Å²) < 4.78 is 0. The van der Waals surface area contributed by atoms with Gasteiger partial charge in [-0.2, -0.15) is 0 Å². The van der Waals surface area contributed by atoms with Crippen LogP contribution in [0.1, 0.15) is 56.2 Å². The Hall–Kier alpha value is -1.49. The fraction of sp³-hybridized carbons (Fsp3) is 0.706. The average molecular weight is 304 g/mol. The van der Waals surface area contributed by atoms with Crippen molar-refractivity contribution in [2.45, 2.75) is 58.4 Å². The van der Waals surface area contributed by atoms with Crippen LogP contribution in [0.15, 0.2) is 6.07 Å². The third-order valence-corrected chi connectivity index (χ3v) is 4.40. The number of hydrogen-bond acceptors (Lipinski definition) is 4. The molecule has 0 aliphatic carbocycles. The van der Waals surface area contributed by atoms with Crippen LogP contribution in [0.4, 0.5) is 0 Å². The van der Waals surface area contributed by atoms with E-state index < -0.39 is 0 Å². The van der Waals surface area contributed by atoms with Crippen LogP contribution in [0, 0.1) is 6.92 Å². The standard InChI is InChI=1S/C17H28N4O/c1-12(2)21-9-5-6-14(11-21)16-10-15(19-13(3)20-16)7-8-17(22)18-4/h10,12,14H,5-9,11H2,1-4H3,(H,18,22)/t14-/m0/s1. The largest absolute Gasteiger partial charge is 0.359 e. The first kappa shape index (κ1) is 16.9. The minimum absolute atomic E-state index is 0.0569. The number of aromatic nitrogens is 2. The van der Waals surface area contributed by atoms with Crippen molar-refractivity contribution in [2.24, 2.45) is 0 Å². The van der Waals surface area contributed by atoms with Crippen molar-refractivity contribution in [3.8, 4) is 0 Å². The third kappa shape index (κ3) is 4.50. The lowest BCUT2D eigenvalue weighted by atomic mass is 9.93. The molecule has 0 radical (unpaired) electrons. The first-order valence-electron chi connectivity index (χ1n) is 8.28. The number of rotatable bonds is 5. The van der Waals surface area contributed by atoms with Gasteiger partial charge in [-0.15, -0.1) is 0 Å². The molecule has 0 unspecified atom stereocenters. The topological polar surface area (TPSA) is 58.1 Å². The molecule has 1 fully saturated rings. The quantitative estimate of drug-likeness (QED) is 0.904. The zero-order valence-electron chi connectivity index (χ0n) is 14.2. The summed E-state index contributed by atoms with van der Waals surface area (Å²) in [6.07, 6.45) is 3.57. The fourth-order valence-electron chi connectivity index (χ4n) is 3.08. The summed E-state index contributed by atoms with van der Waals surface area (Å²) in [6, 6.07) is 2.68. The molecule has 1 aliphatic rings. The lowest BCUT2D eigenvalue weighted by Gasteiger charge is -2.35. The Labute approximate surface area is 133 Å². The first-order chi connectivity index (χ1) is 10.5. The van der Waals surface area contributed by atoms with Crippen LogP contribution in [0.25, 0.3) is 0 Å². The van der Waals surface area contributed by atoms with Crippen LogP contribution in [0.5, 0.6) is 0 Å². The molecule has 5 nitrogen and oxygen atoms in total. The number of nitrogens with zero attached hydrogens (tertiary/aromatic N) is 3. The molecule has 1 N–H and O–H groups in total. The van der Waals surface area contributed by atoms with Crippen molar-refractivity contribution >= 4 is 5.91 Å². The number of nitrogens with one attached hydrogen (secondary N) is 1. The van der Waals surface area contributed by atoms with Gasteiger partial charge in [0.15, 0.2) is 0 Å². The van der Waals surface area contributed by atoms with Gasteiger partial charge in [-0.25, -0.2) is 9.97 Å². The minimum atomic E-state index is 0.0569. The average Bonchev–Trinajstić information content (AvgIpc) is 2.52. The van der Waals surface area contributed by atoms with Crippen LogP contribution in [0.3, 0.4) is 0 Å². The summed E-state index contributed by atoms with van der Waals surface area (Å²) in [7, 11) is 1.67. The monoisotopic (exact) mass is 304 g/mol. The predicted octanol–water partition coefficient (Wildman–Crippen LogP) is 2.05. The van der Waals surface area contributed by atoms with E-state index in [1.807, 2.05) is 6.92 Å². The van der Waals surface area contributed by atoms with Crippen molar-refractivity contribution in [2.75, 3.05) is 20.1 Å². The van der Waals surface area contributed by atoms with E-state index >= 15 is 0 Å². The van der Waals surface area contributed by atoms with E-state index in [1.165, 1.54) is 19.4 Å². The predicted molar refractivity (Wildman–Crippen MR) is 87.8 cm³/mol. The molecular weight excluding hydrogens is 276 g/mol. The molecule has 2 heterocycles. The SMILES string of the molecule is CNC(=O)CCc1cc([C@H]2CCCN(C(C)C)C2)nc(C)n1. The lowest BCUT2D eigenvalue weighted by molar-refractivity contribution is -0.120. The molecule has 0 saturated carbocycles. The molecule has 1 saturated heterocycles. The van der Waals surface area contributed by atoms with Gasteiger partial charge in [0.1, 0.15) is 5.82 Å². The van der Waals surface area contributed by atoms with Crippen LogP contribution >= 0.6 is 0 Å². The van der Waals surface area contributed by atoms with E-state index in [9.17, 15) is 4.79 Å². The maximum Gasteiger partial charge on any atom is 0.220 e. The molecule has 1 aromatic heterocycles. The van der Waals surface area contributed by atoms with Crippen molar-refractivity contribution in [1.82, 2.24) is 20.2 Å². The highest BCUT2D eigenvalue weighted by Crippen LogP contribution is 2.27. The summed E-state index contributed by atoms with van der Waals surface area (Å²) in [5.41, 5.74) is 2.12. The third-order valence-electron chi connectivity index (χ3n) is 4.40. The molecule has 0 aromatic carbocycles. The van der Waals surface area contributed by atoms with Gasteiger partial charge in [-0.05, 0) is 52.6 Å². The Morgan fingerprint density at radius 1 is 1.45 bits per heavy atom. The molecule has 5 heteroatoms. The van der Waals surface area contributed by atoms with E-state index in [-0.39, 0.29) is 5.91 Å². The van der Waals surface area contributed by atoms with Crippen molar-refractivity contribution in [3.63, 3.8) is 0 Å². The Bertz CT molecular complexity index is 515. The highest BCUT2D eigenvalue weighted by molar-refractivity contribution is 5.75. The number of hydrogen-bond donors (Lipinski definition) is 1. The van der Waals surface area contributed by atoms with Crippen LogP contribution in [0.2, 0.25) is 0 Å². The molecule has 1 aliphatic heterocycles. The number of piperidine rings is 1. The number of carbonyl (C=O) groups excluding carboxylic acids is 1. The number of likely N-dealkylation sites (tertiary alicyclic amines) is 1. The van der Waals surface area contributed by atoms with Gasteiger partial charge in [0.05, 0.1) is 0 Å². The highest BCUT2D eigenvalue weighted by atomic mass is 16.1. The molecule has 1 aromatic rings. The van der Waals surface area contributed by atoms with Gasteiger partial charge >= 0.3 is 0 Å². The number of aryl methyl sites for hydroxylation is 2. The molecular formula is C17H28N4O. The smallest absolute Gasteiger partial charge is 0.220 e. The summed E-state index contributed by atoms with van der Waals surface area (Å²) in [6.45, 7) is 8.70. The lowest BCUT2D eigenvalue weighted by Crippen LogP contribution is -2.39. The van der Waals surface area contributed by atoms with Gasteiger partial charge in [-0.1, -0.05) is 0 Å². The Kier molecular flexibility index (Phi) is 5.89. The first-order valence-corrected chi connectivity index (χ1v) is 8.28. The van der Waals surface area contributed by atoms with Gasteiger partial charge in [0.25, 0.3) is 0 Å². The van der Waals surface area contributed by atoms with E-state index in [0.29, 0.717) is 24.8 Å². The van der Waals surface area contributed by atoms with Crippen molar-refractivity contribution in [1.29, 1.82) is 0 Å². The van der Waals surface area contributed by atoms with Gasteiger partial charge < -0.3 is 10.2 Å². The van der Waals surface area contributed by atoms with E-state index in [4.69, 9.17) is 0 Å². The second kappa shape index (κ2) is 7.68. The molecule has 0 spiro atoms. The Morgan fingerprint density at radius 3 is 2.91 bits per heavy atom. The summed E-state index contributed by atoms with van der Waals surface area (Å²) in [5.74, 6) is 1.35. The maximum absolute atomic E-state index is 11.4. The van der Waals surface area contributed by atoms with Crippen molar-refractivity contribution < 1.29 is 4.79 Å². The molecule has 0 bridgehead atoms. The normalized spacial score (nSPS) is 19.4. The van der Waals surface area contributed by atoms with Gasteiger partial charge in [0.2, 0.25) is 5.91 Å². The van der Waals surface area contributed by atoms with E-state index in [0.717, 1.165) is 23.8 Å². The van der Waals surface area contributed by atoms with Crippen molar-refractivity contribution in [3.05, 3.63) is 23.3 Å². The summed E-state index contributed by atoms with van der Waals surface area (Å²) >= 11 is 0. The maximum atomic E-state index is 11.4. The Morgan fingerprint density at radius 2 is 2.23 bits per heavy atom. The molecule has 2 rings (SSSR count). The highest BCUT2D eigenvalue weighted by Gasteiger charge is 2.24. The Balaban J connectivity index is 2.10. The molecule has 1 amide bonds. The molecule has 22 heavy (non-hydrogen) atoms. The van der Waals surface area contributed by atoms with Gasteiger partial charge in [-0.3, -0.25) is 4.79 Å². The summed E-state index contributed by atoms with van der Waals surface area (Å²) in [4.78, 5) is 23.1. The zero-order chi connectivity index (χ0) is 16.1. The van der Waals surface area contributed by atoms with Crippen LogP contribution in [-0.4, -0.2) is 47.0 Å². The zero-order valence-corrected chi connectivity index (χ0v) is 14.2. The van der Waals surface area contributed by atoms with Gasteiger partial charge in [0, 0.05) is 43.4 Å². The second-order valence-corrected chi connectivity index (χ2v) is 6.43. The van der Waals surface area contributed by atoms with E-state index in [1.54, 1.807) is 7.05 Å². The number of amides is 1. The van der Waals surface area contributed by atoms with Crippen LogP contribution in [-0.2, 0) is 11.2 Å². The second-order valence-electron chi connectivity index (χ2n) is 6.43. The molecule has 122 valence electrons.